The van der Waals surface area contributed by atoms with Gasteiger partial charge in [0.1, 0.15) is 5.75 Å². The number of hydrogen-bond acceptors (Lipinski definition) is 5. The van der Waals surface area contributed by atoms with Crippen LogP contribution in [-0.4, -0.2) is 45.7 Å². The average Bonchev–Trinajstić information content (AvgIpc) is 2.67. The standard InChI is InChI=1S/C19H23N3O4/c1-25-11-10-20-19(24)14-6-8-15(9-7-14)21-13-18(23)22-16-4-3-5-17(12-16)26-2/h3-9,12,21H,10-11,13H2,1-2H3,(H,20,24)(H,22,23). The van der Waals surface area contributed by atoms with Crippen molar-refractivity contribution in [2.75, 3.05) is 44.5 Å². The molecular formula is C19H23N3O4. The van der Waals surface area contributed by atoms with E-state index in [2.05, 4.69) is 16.0 Å². The number of carbonyl (C=O) groups is 2. The number of rotatable bonds is 9. The molecule has 138 valence electrons. The van der Waals surface area contributed by atoms with Gasteiger partial charge in [0, 0.05) is 36.7 Å². The number of nitrogens with one attached hydrogen (secondary N) is 3. The lowest BCUT2D eigenvalue weighted by Gasteiger charge is -2.09. The van der Waals surface area contributed by atoms with Crippen LogP contribution in [0.5, 0.6) is 5.75 Å². The van der Waals surface area contributed by atoms with Gasteiger partial charge in [-0.2, -0.15) is 0 Å². The summed E-state index contributed by atoms with van der Waals surface area (Å²) in [5.74, 6) is 0.333. The van der Waals surface area contributed by atoms with Crippen LogP contribution in [-0.2, 0) is 9.53 Å². The lowest BCUT2D eigenvalue weighted by atomic mass is 10.2. The molecule has 0 aromatic heterocycles. The maximum atomic E-state index is 12.0. The molecule has 0 bridgehead atoms. The number of anilines is 2. The van der Waals surface area contributed by atoms with Gasteiger partial charge in [-0.3, -0.25) is 9.59 Å². The van der Waals surface area contributed by atoms with Gasteiger partial charge in [0.05, 0.1) is 20.3 Å². The summed E-state index contributed by atoms with van der Waals surface area (Å²) in [4.78, 5) is 23.9. The molecule has 0 aliphatic carbocycles. The fraction of sp³-hybridized carbons (Fsp3) is 0.263. The molecular weight excluding hydrogens is 334 g/mol. The Morgan fingerprint density at radius 1 is 1.00 bits per heavy atom. The van der Waals surface area contributed by atoms with Crippen molar-refractivity contribution < 1.29 is 19.1 Å². The fourth-order valence-electron chi connectivity index (χ4n) is 2.20. The van der Waals surface area contributed by atoms with E-state index in [0.29, 0.717) is 30.2 Å². The Hall–Kier alpha value is -3.06. The van der Waals surface area contributed by atoms with E-state index in [1.807, 2.05) is 0 Å². The third-order valence-corrected chi connectivity index (χ3v) is 3.55. The second-order valence-corrected chi connectivity index (χ2v) is 5.46. The molecule has 0 saturated carbocycles. The van der Waals surface area contributed by atoms with Gasteiger partial charge in [0.25, 0.3) is 5.91 Å². The predicted molar refractivity (Wildman–Crippen MR) is 101 cm³/mol. The van der Waals surface area contributed by atoms with Crippen molar-refractivity contribution in [3.05, 3.63) is 54.1 Å². The second kappa shape index (κ2) is 10.0. The number of methoxy groups -OCH3 is 2. The minimum atomic E-state index is -0.181. The van der Waals surface area contributed by atoms with Crippen LogP contribution in [0.15, 0.2) is 48.5 Å². The highest BCUT2D eigenvalue weighted by molar-refractivity contribution is 5.95. The molecule has 0 heterocycles. The monoisotopic (exact) mass is 357 g/mol. The highest BCUT2D eigenvalue weighted by Gasteiger charge is 2.06. The molecule has 2 aromatic carbocycles. The van der Waals surface area contributed by atoms with Crippen molar-refractivity contribution in [3.63, 3.8) is 0 Å². The third kappa shape index (κ3) is 6.10. The zero-order chi connectivity index (χ0) is 18.8. The molecule has 2 amide bonds. The van der Waals surface area contributed by atoms with Crippen molar-refractivity contribution in [2.24, 2.45) is 0 Å². The van der Waals surface area contributed by atoms with Crippen molar-refractivity contribution in [1.29, 1.82) is 0 Å². The molecule has 2 rings (SSSR count). The number of ether oxygens (including phenoxy) is 2. The van der Waals surface area contributed by atoms with Crippen LogP contribution in [0.3, 0.4) is 0 Å². The Balaban J connectivity index is 1.81. The highest BCUT2D eigenvalue weighted by Crippen LogP contribution is 2.16. The van der Waals surface area contributed by atoms with Crippen molar-refractivity contribution in [1.82, 2.24) is 5.32 Å². The van der Waals surface area contributed by atoms with E-state index in [1.165, 1.54) is 0 Å². The largest absolute Gasteiger partial charge is 0.497 e. The summed E-state index contributed by atoms with van der Waals surface area (Å²) >= 11 is 0. The second-order valence-electron chi connectivity index (χ2n) is 5.46. The highest BCUT2D eigenvalue weighted by atomic mass is 16.5. The van der Waals surface area contributed by atoms with Crippen LogP contribution < -0.4 is 20.7 Å². The molecule has 0 unspecified atom stereocenters. The van der Waals surface area contributed by atoms with E-state index in [0.717, 1.165) is 5.69 Å². The summed E-state index contributed by atoms with van der Waals surface area (Å²) in [7, 11) is 3.15. The van der Waals surface area contributed by atoms with Gasteiger partial charge < -0.3 is 25.4 Å². The zero-order valence-electron chi connectivity index (χ0n) is 14.9. The molecule has 3 N–H and O–H groups in total. The molecule has 26 heavy (non-hydrogen) atoms. The normalized spacial score (nSPS) is 10.1. The Bertz CT molecular complexity index is 732. The maximum Gasteiger partial charge on any atom is 0.251 e. The SMILES string of the molecule is COCCNC(=O)c1ccc(NCC(=O)Nc2cccc(OC)c2)cc1. The van der Waals surface area contributed by atoms with Crippen LogP contribution in [0.25, 0.3) is 0 Å². The van der Waals surface area contributed by atoms with E-state index >= 15 is 0 Å². The smallest absolute Gasteiger partial charge is 0.251 e. The van der Waals surface area contributed by atoms with Crippen LogP contribution in [0.4, 0.5) is 11.4 Å². The van der Waals surface area contributed by atoms with Gasteiger partial charge in [-0.15, -0.1) is 0 Å². The number of benzene rings is 2. The van der Waals surface area contributed by atoms with Crippen LogP contribution in [0.1, 0.15) is 10.4 Å². The summed E-state index contributed by atoms with van der Waals surface area (Å²) in [6, 6.07) is 14.1. The van der Waals surface area contributed by atoms with E-state index < -0.39 is 0 Å². The molecule has 0 aliphatic rings. The fourth-order valence-corrected chi connectivity index (χ4v) is 2.20. The van der Waals surface area contributed by atoms with E-state index in [4.69, 9.17) is 9.47 Å². The topological polar surface area (TPSA) is 88.7 Å². The van der Waals surface area contributed by atoms with Gasteiger partial charge in [-0.1, -0.05) is 6.07 Å². The maximum absolute atomic E-state index is 12.0. The molecule has 7 heteroatoms. The van der Waals surface area contributed by atoms with Crippen molar-refractivity contribution >= 4 is 23.2 Å². The third-order valence-electron chi connectivity index (χ3n) is 3.55. The molecule has 0 radical (unpaired) electrons. The molecule has 0 spiro atoms. The van der Waals surface area contributed by atoms with Gasteiger partial charge >= 0.3 is 0 Å². The van der Waals surface area contributed by atoms with Crippen molar-refractivity contribution in [3.8, 4) is 5.75 Å². The number of amides is 2. The first-order valence-electron chi connectivity index (χ1n) is 8.17. The minimum absolute atomic E-state index is 0.108. The summed E-state index contributed by atoms with van der Waals surface area (Å²) in [6.45, 7) is 1.03. The first kappa shape index (κ1) is 19.3. The molecule has 0 fully saturated rings. The Kier molecular flexibility index (Phi) is 7.45. The Morgan fingerprint density at radius 3 is 2.46 bits per heavy atom. The summed E-state index contributed by atoms with van der Waals surface area (Å²) in [5.41, 5.74) is 1.96. The predicted octanol–water partition coefficient (Wildman–Crippen LogP) is 2.12. The molecule has 0 saturated heterocycles. The number of hydrogen-bond donors (Lipinski definition) is 3. The van der Waals surface area contributed by atoms with E-state index in [1.54, 1.807) is 62.8 Å². The van der Waals surface area contributed by atoms with Crippen LogP contribution in [0, 0.1) is 0 Å². The summed E-state index contributed by atoms with van der Waals surface area (Å²) in [6.07, 6.45) is 0. The minimum Gasteiger partial charge on any atom is -0.497 e. The zero-order valence-corrected chi connectivity index (χ0v) is 14.9. The van der Waals surface area contributed by atoms with E-state index in [-0.39, 0.29) is 18.4 Å². The molecule has 2 aromatic rings. The first-order chi connectivity index (χ1) is 12.6. The Labute approximate surface area is 152 Å². The molecule has 7 nitrogen and oxygen atoms in total. The number of carbonyl (C=O) groups excluding carboxylic acids is 2. The van der Waals surface area contributed by atoms with E-state index in [9.17, 15) is 9.59 Å². The van der Waals surface area contributed by atoms with Crippen LogP contribution >= 0.6 is 0 Å². The molecule has 0 atom stereocenters. The Morgan fingerprint density at radius 2 is 1.77 bits per heavy atom. The lowest BCUT2D eigenvalue weighted by Crippen LogP contribution is -2.26. The van der Waals surface area contributed by atoms with Gasteiger partial charge in [0.15, 0.2) is 0 Å². The summed E-state index contributed by atoms with van der Waals surface area (Å²) in [5, 5.41) is 8.55. The molecule has 0 aliphatic heterocycles. The lowest BCUT2D eigenvalue weighted by molar-refractivity contribution is -0.114. The first-order valence-corrected chi connectivity index (χ1v) is 8.17. The van der Waals surface area contributed by atoms with Crippen molar-refractivity contribution in [2.45, 2.75) is 0 Å². The van der Waals surface area contributed by atoms with Gasteiger partial charge in [-0.05, 0) is 36.4 Å². The van der Waals surface area contributed by atoms with Gasteiger partial charge in [0.2, 0.25) is 5.91 Å². The quantitative estimate of drug-likeness (QED) is 0.598. The average molecular weight is 357 g/mol. The van der Waals surface area contributed by atoms with Gasteiger partial charge in [-0.25, -0.2) is 0 Å². The van der Waals surface area contributed by atoms with Crippen LogP contribution in [0.2, 0.25) is 0 Å². The summed E-state index contributed by atoms with van der Waals surface area (Å²) < 4.78 is 10.0.